The molecular weight excluding hydrogens is 122 g/mol. The Bertz CT molecular complexity index is 159. The fraction of sp³-hybridized carbons (Fsp3) is 1.00. The van der Waals surface area contributed by atoms with Crippen molar-refractivity contribution in [1.29, 1.82) is 0 Å². The van der Waals surface area contributed by atoms with Crippen LogP contribution >= 0.6 is 0 Å². The number of nitro groups is 1. The summed E-state index contributed by atoms with van der Waals surface area (Å²) in [5, 5.41) is 17.0. The van der Waals surface area contributed by atoms with Crippen molar-refractivity contribution in [1.82, 2.24) is 0 Å². The summed E-state index contributed by atoms with van der Waals surface area (Å²) in [7, 11) is 0. The zero-order valence-electron chi connectivity index (χ0n) is 5.07. The molecule has 5 nitrogen and oxygen atoms in total. The van der Waals surface area contributed by atoms with Crippen LogP contribution in [0.3, 0.4) is 0 Å². The fourth-order valence-electron chi connectivity index (χ4n) is 0.488. The van der Waals surface area contributed by atoms with E-state index in [0.717, 1.165) is 0 Å². The van der Waals surface area contributed by atoms with Crippen molar-refractivity contribution in [2.75, 3.05) is 6.54 Å². The van der Waals surface area contributed by atoms with Gasteiger partial charge in [-0.15, -0.1) is 0 Å². The molecule has 0 aromatic rings. The van der Waals surface area contributed by atoms with Crippen molar-refractivity contribution >= 4 is 0 Å². The highest BCUT2D eigenvalue weighted by Gasteiger charge is 2.35. The van der Waals surface area contributed by atoms with E-state index in [2.05, 4.69) is 10.2 Å². The second-order valence-electron chi connectivity index (χ2n) is 2.22. The van der Waals surface area contributed by atoms with Gasteiger partial charge in [-0.2, -0.15) is 10.2 Å². The van der Waals surface area contributed by atoms with Gasteiger partial charge in [0.1, 0.15) is 0 Å². The Labute approximate surface area is 51.9 Å². The first-order valence-corrected chi connectivity index (χ1v) is 2.68. The monoisotopic (exact) mass is 129 g/mol. The first-order valence-electron chi connectivity index (χ1n) is 2.68. The molecule has 0 N–H and O–H groups in total. The molecule has 0 bridgehead atoms. The van der Waals surface area contributed by atoms with Gasteiger partial charge in [0.15, 0.2) is 5.66 Å². The fourth-order valence-corrected chi connectivity index (χ4v) is 0.488. The van der Waals surface area contributed by atoms with Crippen LogP contribution < -0.4 is 0 Å². The van der Waals surface area contributed by atoms with Gasteiger partial charge in [-0.1, -0.05) is 0 Å². The van der Waals surface area contributed by atoms with E-state index in [0.29, 0.717) is 6.42 Å². The molecule has 0 unspecified atom stereocenters. The molecule has 1 heterocycles. The van der Waals surface area contributed by atoms with Gasteiger partial charge < -0.3 is 0 Å². The minimum atomic E-state index is -0.410. The average Bonchev–Trinajstić information content (AvgIpc) is 2.45. The molecule has 1 aliphatic rings. The number of nitrogens with zero attached hydrogens (tertiary/aromatic N) is 3. The van der Waals surface area contributed by atoms with Gasteiger partial charge in [-0.05, 0) is 6.92 Å². The molecule has 9 heavy (non-hydrogen) atoms. The van der Waals surface area contributed by atoms with Gasteiger partial charge in [0.2, 0.25) is 6.54 Å². The van der Waals surface area contributed by atoms with E-state index in [1.54, 1.807) is 6.92 Å². The van der Waals surface area contributed by atoms with Crippen LogP contribution in [0.15, 0.2) is 10.2 Å². The molecule has 0 atom stereocenters. The second kappa shape index (κ2) is 1.75. The number of hydrogen-bond acceptors (Lipinski definition) is 4. The summed E-state index contributed by atoms with van der Waals surface area (Å²) in [5.74, 6) is 0. The number of rotatable bonds is 3. The lowest BCUT2D eigenvalue weighted by atomic mass is 10.2. The molecule has 5 heteroatoms. The van der Waals surface area contributed by atoms with Gasteiger partial charge in [-0.25, -0.2) is 0 Å². The molecular formula is C4H7N3O2. The third-order valence-corrected chi connectivity index (χ3v) is 1.21. The Morgan fingerprint density at radius 2 is 2.22 bits per heavy atom. The molecule has 50 valence electrons. The molecule has 0 aliphatic carbocycles. The first-order chi connectivity index (χ1) is 4.12. The van der Waals surface area contributed by atoms with Crippen LogP contribution in [-0.4, -0.2) is 17.1 Å². The minimum Gasteiger partial charge on any atom is -0.265 e. The summed E-state index contributed by atoms with van der Waals surface area (Å²) in [4.78, 5) is 9.44. The molecule has 1 aliphatic heterocycles. The van der Waals surface area contributed by atoms with E-state index < -0.39 is 5.66 Å². The topological polar surface area (TPSA) is 67.9 Å². The quantitative estimate of drug-likeness (QED) is 0.418. The number of hydrogen-bond donors (Lipinski definition) is 0. The molecule has 0 aromatic heterocycles. The van der Waals surface area contributed by atoms with Gasteiger partial charge in [0.05, 0.1) is 6.42 Å². The van der Waals surface area contributed by atoms with E-state index in [1.165, 1.54) is 0 Å². The van der Waals surface area contributed by atoms with Gasteiger partial charge in [0.25, 0.3) is 0 Å². The van der Waals surface area contributed by atoms with Crippen LogP contribution in [0, 0.1) is 10.1 Å². The summed E-state index contributed by atoms with van der Waals surface area (Å²) >= 11 is 0. The summed E-state index contributed by atoms with van der Waals surface area (Å²) < 4.78 is 0. The highest BCUT2D eigenvalue weighted by Crippen LogP contribution is 2.30. The minimum absolute atomic E-state index is 0.0382. The third kappa shape index (κ3) is 1.75. The molecule has 1 rings (SSSR count). The van der Waals surface area contributed by atoms with E-state index in [9.17, 15) is 10.1 Å². The molecule has 0 amide bonds. The predicted molar refractivity (Wildman–Crippen MR) is 29.7 cm³/mol. The lowest BCUT2D eigenvalue weighted by Crippen LogP contribution is -2.11. The molecule has 0 aromatic carbocycles. The van der Waals surface area contributed by atoms with Crippen molar-refractivity contribution in [3.63, 3.8) is 0 Å². The van der Waals surface area contributed by atoms with Crippen LogP contribution in [0.5, 0.6) is 0 Å². The average molecular weight is 129 g/mol. The van der Waals surface area contributed by atoms with Crippen LogP contribution in [-0.2, 0) is 0 Å². The van der Waals surface area contributed by atoms with E-state index in [4.69, 9.17) is 0 Å². The maximum Gasteiger partial charge on any atom is 0.208 e. The summed E-state index contributed by atoms with van der Waals surface area (Å²) in [6.45, 7) is 1.74. The van der Waals surface area contributed by atoms with Gasteiger partial charge >= 0.3 is 0 Å². The standard InChI is InChI=1S/C4H7N3O2/c1-4(5-6-4)2-3-7(8)9/h2-3H2,1H3. The summed E-state index contributed by atoms with van der Waals surface area (Å²) in [6.07, 6.45) is 0.431. The maximum absolute atomic E-state index is 9.80. The zero-order chi connectivity index (χ0) is 6.91. The molecule has 0 saturated carbocycles. The van der Waals surface area contributed by atoms with Crippen LogP contribution in [0.2, 0.25) is 0 Å². The Hall–Kier alpha value is -1.00. The summed E-state index contributed by atoms with van der Waals surface area (Å²) in [5.41, 5.74) is -0.410. The largest absolute Gasteiger partial charge is 0.265 e. The Balaban J connectivity index is 2.13. The molecule has 0 saturated heterocycles. The van der Waals surface area contributed by atoms with E-state index in [1.807, 2.05) is 0 Å². The first kappa shape index (κ1) is 6.12. The Morgan fingerprint density at radius 3 is 2.56 bits per heavy atom. The third-order valence-electron chi connectivity index (χ3n) is 1.21. The van der Waals surface area contributed by atoms with Crippen LogP contribution in [0.4, 0.5) is 0 Å². The smallest absolute Gasteiger partial charge is 0.208 e. The van der Waals surface area contributed by atoms with Crippen molar-refractivity contribution in [3.8, 4) is 0 Å². The zero-order valence-corrected chi connectivity index (χ0v) is 5.07. The highest BCUT2D eigenvalue weighted by molar-refractivity contribution is 4.87. The maximum atomic E-state index is 9.80. The van der Waals surface area contributed by atoms with Crippen molar-refractivity contribution in [2.45, 2.75) is 19.0 Å². The molecule has 0 spiro atoms. The van der Waals surface area contributed by atoms with Crippen LogP contribution in [0.25, 0.3) is 0 Å². The lowest BCUT2D eigenvalue weighted by molar-refractivity contribution is -0.481. The van der Waals surface area contributed by atoms with Gasteiger partial charge in [0, 0.05) is 4.92 Å². The summed E-state index contributed by atoms with van der Waals surface area (Å²) in [6, 6.07) is 0. The highest BCUT2D eigenvalue weighted by atomic mass is 16.6. The van der Waals surface area contributed by atoms with Crippen molar-refractivity contribution in [2.24, 2.45) is 10.2 Å². The van der Waals surface area contributed by atoms with Crippen LogP contribution in [0.1, 0.15) is 13.3 Å². The molecule has 0 fully saturated rings. The van der Waals surface area contributed by atoms with Gasteiger partial charge in [-0.3, -0.25) is 10.1 Å². The predicted octanol–water partition coefficient (Wildman–Crippen LogP) is 0.835. The van der Waals surface area contributed by atoms with E-state index in [-0.39, 0.29) is 11.5 Å². The van der Waals surface area contributed by atoms with E-state index >= 15 is 0 Å². The SMILES string of the molecule is CC1(CC[N+](=O)[O-])N=N1. The molecule has 0 radical (unpaired) electrons. The Morgan fingerprint density at radius 1 is 1.67 bits per heavy atom. The Kier molecular flexibility index (Phi) is 1.19. The normalized spacial score (nSPS) is 19.7. The lowest BCUT2D eigenvalue weighted by Gasteiger charge is -1.95. The van der Waals surface area contributed by atoms with Crippen molar-refractivity contribution in [3.05, 3.63) is 10.1 Å². The van der Waals surface area contributed by atoms with Crippen molar-refractivity contribution < 1.29 is 4.92 Å². The second-order valence-corrected chi connectivity index (χ2v) is 2.22.